The van der Waals surface area contributed by atoms with E-state index < -0.39 is 0 Å². The molecule has 0 saturated heterocycles. The molecule has 0 bridgehead atoms. The van der Waals surface area contributed by atoms with Crippen LogP contribution in [-0.2, 0) is 42.8 Å². The SMILES string of the molecule is [Cl-].[N-]=[N+]=NCCOCCOCCC(=O)N(CCOCCOCCC(=O)NCC[NH3+])CCOCCOCCC(=O)NCCCl.[NH2-]. The first-order valence-electron chi connectivity index (χ1n) is 14.2. The van der Waals surface area contributed by atoms with Crippen LogP contribution in [0.3, 0.4) is 0 Å². The fourth-order valence-corrected chi connectivity index (χ4v) is 3.16. The molecule has 0 aromatic rings. The van der Waals surface area contributed by atoms with Gasteiger partial charge >= 0.3 is 0 Å². The fourth-order valence-electron chi connectivity index (χ4n) is 3.07. The smallest absolute Gasteiger partial charge is 0.225 e. The first-order valence-corrected chi connectivity index (χ1v) is 14.7. The van der Waals surface area contributed by atoms with Crippen molar-refractivity contribution in [3.8, 4) is 0 Å². The van der Waals surface area contributed by atoms with Gasteiger partial charge in [0, 0.05) is 49.8 Å². The topological polar surface area (TPSA) is 244 Å². The zero-order chi connectivity index (χ0) is 30.9. The lowest BCUT2D eigenvalue weighted by Gasteiger charge is -2.23. The predicted molar refractivity (Wildman–Crippen MR) is 159 cm³/mol. The highest BCUT2D eigenvalue weighted by atomic mass is 35.5. The van der Waals surface area contributed by atoms with Gasteiger partial charge < -0.3 is 68.2 Å². The van der Waals surface area contributed by atoms with Crippen LogP contribution in [0, 0.1) is 0 Å². The Morgan fingerprint density at radius 1 is 0.705 bits per heavy atom. The number of hydrogen-bond acceptors (Lipinski definition) is 10. The summed E-state index contributed by atoms with van der Waals surface area (Å²) in [5, 5.41) is 8.76. The molecule has 0 rings (SSSR count). The average Bonchev–Trinajstić information content (AvgIpc) is 2.99. The number of rotatable bonds is 31. The molecule has 0 saturated carbocycles. The Kier molecular flexibility index (Phi) is 39.2. The van der Waals surface area contributed by atoms with Gasteiger partial charge in [0.1, 0.15) is 0 Å². The van der Waals surface area contributed by atoms with Crippen molar-refractivity contribution in [3.05, 3.63) is 16.6 Å². The number of amides is 3. The molecule has 0 heterocycles. The van der Waals surface area contributed by atoms with Crippen molar-refractivity contribution in [3.63, 3.8) is 0 Å². The highest BCUT2D eigenvalue weighted by Crippen LogP contribution is 1.98. The monoisotopic (exact) mass is 677 g/mol. The molecule has 3 amide bonds. The van der Waals surface area contributed by atoms with E-state index in [0.29, 0.717) is 105 Å². The standard InChI is InChI=1S/C25H48ClN7O9.ClH.H2N/c26-4-6-29-23(34)1-11-37-18-21-41-15-9-33(25(36)3-13-39-17-20-40-14-8-31-32-28)10-16-42-22-19-38-12-2-24(35)30-7-5-27;;/h1-22,27H2,(H,29,34)(H,30,35);1H;1H2/q;;-1. The van der Waals surface area contributed by atoms with Crippen LogP contribution in [0.25, 0.3) is 16.6 Å². The maximum absolute atomic E-state index is 12.8. The summed E-state index contributed by atoms with van der Waals surface area (Å²) in [6.07, 6.45) is 0.717. The van der Waals surface area contributed by atoms with Crippen LogP contribution in [0.15, 0.2) is 5.11 Å². The molecule has 0 fully saturated rings. The van der Waals surface area contributed by atoms with Crippen molar-refractivity contribution in [2.75, 3.05) is 124 Å². The number of quaternary nitrogens is 1. The highest BCUT2D eigenvalue weighted by Gasteiger charge is 2.13. The van der Waals surface area contributed by atoms with E-state index in [2.05, 4.69) is 26.4 Å². The quantitative estimate of drug-likeness (QED) is 0.0220. The van der Waals surface area contributed by atoms with E-state index in [9.17, 15) is 14.4 Å². The number of nitrogens with one attached hydrogen (secondary N) is 2. The van der Waals surface area contributed by atoms with E-state index in [1.807, 2.05) is 0 Å². The molecule has 0 aromatic carbocycles. The van der Waals surface area contributed by atoms with Gasteiger partial charge in [0.05, 0.1) is 98.8 Å². The molecule has 0 aliphatic heterocycles. The lowest BCUT2D eigenvalue weighted by atomic mass is 10.3. The number of hydrogen-bond donors (Lipinski definition) is 3. The van der Waals surface area contributed by atoms with E-state index in [0.717, 1.165) is 0 Å². The molecule has 0 aliphatic carbocycles. The van der Waals surface area contributed by atoms with Crippen LogP contribution in [0.5, 0.6) is 0 Å². The Morgan fingerprint density at radius 2 is 1.14 bits per heavy atom. The van der Waals surface area contributed by atoms with Gasteiger partial charge in [-0.1, -0.05) is 5.11 Å². The zero-order valence-corrected chi connectivity index (χ0v) is 27.1. The maximum Gasteiger partial charge on any atom is 0.225 e. The van der Waals surface area contributed by atoms with Crippen LogP contribution < -0.4 is 28.8 Å². The second-order valence-corrected chi connectivity index (χ2v) is 8.88. The molecule has 0 spiro atoms. The number of ether oxygens (including phenoxy) is 6. The normalized spacial score (nSPS) is 10.2. The molecule has 7 N–H and O–H groups in total. The number of nitrogens with two attached hydrogens (primary N) is 1. The third-order valence-electron chi connectivity index (χ3n) is 5.20. The summed E-state index contributed by atoms with van der Waals surface area (Å²) in [6.45, 7) is 6.35. The van der Waals surface area contributed by atoms with Gasteiger partial charge in [-0.2, -0.15) is 0 Å². The summed E-state index contributed by atoms with van der Waals surface area (Å²) < 4.78 is 32.7. The van der Waals surface area contributed by atoms with Gasteiger partial charge in [0.15, 0.2) is 0 Å². The minimum absolute atomic E-state index is 0. The average molecular weight is 679 g/mol. The molecule has 0 atom stereocenters. The number of azide groups is 1. The summed E-state index contributed by atoms with van der Waals surface area (Å²) >= 11 is 5.53. The van der Waals surface area contributed by atoms with Crippen molar-refractivity contribution in [1.82, 2.24) is 15.5 Å². The van der Waals surface area contributed by atoms with Crippen molar-refractivity contribution in [1.29, 1.82) is 0 Å². The summed E-state index contributed by atoms with van der Waals surface area (Å²) in [6, 6.07) is 0. The minimum atomic E-state index is -0.117. The summed E-state index contributed by atoms with van der Waals surface area (Å²) in [5.41, 5.74) is 11.9. The summed E-state index contributed by atoms with van der Waals surface area (Å²) in [7, 11) is 0. The van der Waals surface area contributed by atoms with Crippen molar-refractivity contribution >= 4 is 29.3 Å². The Labute approximate surface area is 271 Å². The summed E-state index contributed by atoms with van der Waals surface area (Å²) in [4.78, 5) is 40.1. The second-order valence-electron chi connectivity index (χ2n) is 8.50. The van der Waals surface area contributed by atoms with E-state index in [4.69, 9.17) is 45.6 Å². The molecule has 19 heteroatoms. The third-order valence-corrected chi connectivity index (χ3v) is 5.39. The molecule has 44 heavy (non-hydrogen) atoms. The second kappa shape index (κ2) is 37.2. The summed E-state index contributed by atoms with van der Waals surface area (Å²) in [5.74, 6) is 0.0714. The number of nitrogens with zero attached hydrogens (tertiary/aromatic N) is 4. The molecule has 0 unspecified atom stereocenters. The van der Waals surface area contributed by atoms with E-state index in [-0.39, 0.29) is 75.3 Å². The van der Waals surface area contributed by atoms with Crippen LogP contribution in [0.2, 0.25) is 0 Å². The molecule has 260 valence electrons. The highest BCUT2D eigenvalue weighted by molar-refractivity contribution is 6.18. The van der Waals surface area contributed by atoms with Gasteiger partial charge in [0.2, 0.25) is 17.7 Å². The van der Waals surface area contributed by atoms with Crippen LogP contribution >= 0.6 is 11.6 Å². The third kappa shape index (κ3) is 32.9. The molecular formula is C25H51Cl2N8O9-. The number of alkyl halides is 1. The van der Waals surface area contributed by atoms with Gasteiger partial charge in [-0.05, 0) is 5.53 Å². The first kappa shape index (κ1) is 46.4. The van der Waals surface area contributed by atoms with E-state index in [1.165, 1.54) is 0 Å². The van der Waals surface area contributed by atoms with Gasteiger partial charge in [-0.3, -0.25) is 14.4 Å². The van der Waals surface area contributed by atoms with Crippen LogP contribution in [0.1, 0.15) is 19.3 Å². The predicted octanol–water partition coefficient (Wildman–Crippen LogP) is -3.17. The maximum atomic E-state index is 12.8. The Hall–Kier alpha value is -2.02. The molecule has 0 aliphatic rings. The van der Waals surface area contributed by atoms with Crippen molar-refractivity contribution in [2.45, 2.75) is 19.3 Å². The minimum Gasteiger partial charge on any atom is -1.00 e. The molecule has 0 radical (unpaired) electrons. The van der Waals surface area contributed by atoms with E-state index in [1.54, 1.807) is 4.90 Å². The fraction of sp³-hybridized carbons (Fsp3) is 0.880. The van der Waals surface area contributed by atoms with Crippen LogP contribution in [-0.4, -0.2) is 147 Å². The Bertz CT molecular complexity index is 706. The lowest BCUT2D eigenvalue weighted by Crippen LogP contribution is -3.00. The lowest BCUT2D eigenvalue weighted by molar-refractivity contribution is -0.364. The zero-order valence-electron chi connectivity index (χ0n) is 25.6. The number of carbonyl (C=O) groups is 3. The van der Waals surface area contributed by atoms with E-state index >= 15 is 0 Å². The van der Waals surface area contributed by atoms with Gasteiger partial charge in [-0.15, -0.1) is 11.6 Å². The number of carbonyl (C=O) groups excluding carboxylic acids is 3. The largest absolute Gasteiger partial charge is 1.00 e. The molecular weight excluding hydrogens is 627 g/mol. The first-order chi connectivity index (χ1) is 20.5. The molecule has 17 nitrogen and oxygen atoms in total. The number of halogens is 2. The van der Waals surface area contributed by atoms with Gasteiger partial charge in [0.25, 0.3) is 0 Å². The Morgan fingerprint density at radius 3 is 1.59 bits per heavy atom. The van der Waals surface area contributed by atoms with Gasteiger partial charge in [-0.25, -0.2) is 0 Å². The van der Waals surface area contributed by atoms with Crippen LogP contribution in [0.4, 0.5) is 0 Å². The van der Waals surface area contributed by atoms with Crippen molar-refractivity contribution in [2.24, 2.45) is 5.11 Å². The van der Waals surface area contributed by atoms with Crippen molar-refractivity contribution < 1.29 is 60.9 Å². The molecule has 0 aromatic heterocycles. The Balaban J connectivity index is -0.00000840.